The van der Waals surface area contributed by atoms with Crippen molar-refractivity contribution in [3.05, 3.63) is 12.2 Å². The van der Waals surface area contributed by atoms with Crippen molar-refractivity contribution >= 4 is 6.29 Å². The SMILES string of the molecule is CC(O)CCC=CCC=O. The standard InChI is InChI=1S/C8H14O2/c1-8(10)6-4-2-3-5-7-9/h2-3,7-8,10H,4-6H2,1H3. The van der Waals surface area contributed by atoms with Gasteiger partial charge in [-0.3, -0.25) is 0 Å². The summed E-state index contributed by atoms with van der Waals surface area (Å²) < 4.78 is 0. The van der Waals surface area contributed by atoms with Crippen LogP contribution >= 0.6 is 0 Å². The van der Waals surface area contributed by atoms with Crippen molar-refractivity contribution in [1.82, 2.24) is 0 Å². The smallest absolute Gasteiger partial charge is 0.123 e. The normalized spacial score (nSPS) is 13.8. The Bertz CT molecular complexity index is 106. The van der Waals surface area contributed by atoms with Crippen LogP contribution in [0.1, 0.15) is 26.2 Å². The maximum atomic E-state index is 9.80. The van der Waals surface area contributed by atoms with E-state index in [4.69, 9.17) is 5.11 Å². The number of carbonyl (C=O) groups excluding carboxylic acids is 1. The van der Waals surface area contributed by atoms with Gasteiger partial charge in [0.15, 0.2) is 0 Å². The monoisotopic (exact) mass is 142 g/mol. The third-order valence-corrected chi connectivity index (χ3v) is 1.15. The third-order valence-electron chi connectivity index (χ3n) is 1.15. The molecular weight excluding hydrogens is 128 g/mol. The van der Waals surface area contributed by atoms with E-state index in [1.165, 1.54) is 0 Å². The molecule has 1 atom stereocenters. The molecule has 0 fully saturated rings. The Morgan fingerprint density at radius 3 is 2.70 bits per heavy atom. The molecule has 1 N–H and O–H groups in total. The summed E-state index contributed by atoms with van der Waals surface area (Å²) in [5.74, 6) is 0. The van der Waals surface area contributed by atoms with E-state index < -0.39 is 0 Å². The van der Waals surface area contributed by atoms with Crippen molar-refractivity contribution in [2.45, 2.75) is 32.3 Å². The lowest BCUT2D eigenvalue weighted by Crippen LogP contribution is -1.96. The molecule has 2 nitrogen and oxygen atoms in total. The fraction of sp³-hybridized carbons (Fsp3) is 0.625. The predicted octanol–water partition coefficient (Wildman–Crippen LogP) is 1.29. The number of rotatable bonds is 5. The molecule has 0 aromatic carbocycles. The predicted molar refractivity (Wildman–Crippen MR) is 40.7 cm³/mol. The Hall–Kier alpha value is -0.630. The van der Waals surface area contributed by atoms with Crippen LogP contribution in [-0.2, 0) is 4.79 Å². The second kappa shape index (κ2) is 6.49. The van der Waals surface area contributed by atoms with Gasteiger partial charge in [-0.15, -0.1) is 0 Å². The summed E-state index contributed by atoms with van der Waals surface area (Å²) in [5, 5.41) is 8.81. The average Bonchev–Trinajstić information content (AvgIpc) is 1.87. The van der Waals surface area contributed by atoms with E-state index in [1.807, 2.05) is 12.2 Å². The van der Waals surface area contributed by atoms with Crippen molar-refractivity contribution in [2.75, 3.05) is 0 Å². The molecule has 1 unspecified atom stereocenters. The molecule has 0 saturated heterocycles. The minimum Gasteiger partial charge on any atom is -0.393 e. The molecule has 0 spiro atoms. The number of aliphatic hydroxyl groups excluding tert-OH is 1. The molecule has 0 aromatic heterocycles. The molecule has 2 heteroatoms. The summed E-state index contributed by atoms with van der Waals surface area (Å²) in [6.07, 6.45) is 6.47. The van der Waals surface area contributed by atoms with Gasteiger partial charge in [-0.25, -0.2) is 0 Å². The number of aliphatic hydroxyl groups is 1. The quantitative estimate of drug-likeness (QED) is 0.464. The van der Waals surface area contributed by atoms with Crippen molar-refractivity contribution in [3.8, 4) is 0 Å². The van der Waals surface area contributed by atoms with Gasteiger partial charge in [0.1, 0.15) is 6.29 Å². The highest BCUT2D eigenvalue weighted by atomic mass is 16.3. The van der Waals surface area contributed by atoms with Gasteiger partial charge < -0.3 is 9.90 Å². The molecule has 0 aromatic rings. The second-order valence-corrected chi connectivity index (χ2v) is 2.30. The van der Waals surface area contributed by atoms with Crippen molar-refractivity contribution in [2.24, 2.45) is 0 Å². The molecular formula is C8H14O2. The Morgan fingerprint density at radius 1 is 1.50 bits per heavy atom. The average molecular weight is 142 g/mol. The van der Waals surface area contributed by atoms with Crippen molar-refractivity contribution in [3.63, 3.8) is 0 Å². The molecule has 0 saturated carbocycles. The summed E-state index contributed by atoms with van der Waals surface area (Å²) in [4.78, 5) is 9.80. The zero-order valence-corrected chi connectivity index (χ0v) is 6.29. The van der Waals surface area contributed by atoms with Crippen LogP contribution in [0.5, 0.6) is 0 Å². The Balaban J connectivity index is 3.09. The van der Waals surface area contributed by atoms with E-state index >= 15 is 0 Å². The first-order chi connectivity index (χ1) is 4.77. The first-order valence-corrected chi connectivity index (χ1v) is 3.54. The molecule has 0 aliphatic rings. The molecule has 0 rings (SSSR count). The summed E-state index contributed by atoms with van der Waals surface area (Å²) in [5.41, 5.74) is 0. The molecule has 0 aliphatic heterocycles. The third kappa shape index (κ3) is 7.37. The van der Waals surface area contributed by atoms with Gasteiger partial charge in [0, 0.05) is 6.42 Å². The number of aldehydes is 1. The lowest BCUT2D eigenvalue weighted by Gasteiger charge is -1.97. The zero-order chi connectivity index (χ0) is 7.82. The van der Waals surface area contributed by atoms with E-state index in [0.717, 1.165) is 19.1 Å². The van der Waals surface area contributed by atoms with Crippen molar-refractivity contribution < 1.29 is 9.90 Å². The van der Waals surface area contributed by atoms with Gasteiger partial charge >= 0.3 is 0 Å². The Morgan fingerprint density at radius 2 is 2.20 bits per heavy atom. The van der Waals surface area contributed by atoms with Crippen LogP contribution in [0.15, 0.2) is 12.2 Å². The van der Waals surface area contributed by atoms with E-state index in [1.54, 1.807) is 6.92 Å². The van der Waals surface area contributed by atoms with Crippen LogP contribution in [0.4, 0.5) is 0 Å². The van der Waals surface area contributed by atoms with Crippen molar-refractivity contribution in [1.29, 1.82) is 0 Å². The number of allylic oxidation sites excluding steroid dienone is 2. The highest BCUT2D eigenvalue weighted by molar-refractivity contribution is 5.51. The van der Waals surface area contributed by atoms with Gasteiger partial charge in [0.25, 0.3) is 0 Å². The maximum absolute atomic E-state index is 9.80. The molecule has 10 heavy (non-hydrogen) atoms. The fourth-order valence-corrected chi connectivity index (χ4v) is 0.607. The summed E-state index contributed by atoms with van der Waals surface area (Å²) in [6.45, 7) is 1.76. The summed E-state index contributed by atoms with van der Waals surface area (Å²) >= 11 is 0. The largest absolute Gasteiger partial charge is 0.393 e. The molecule has 0 amide bonds. The Labute approximate surface area is 61.6 Å². The zero-order valence-electron chi connectivity index (χ0n) is 6.29. The van der Waals surface area contributed by atoms with Gasteiger partial charge in [-0.1, -0.05) is 12.2 Å². The van der Waals surface area contributed by atoms with Crippen LogP contribution in [0.3, 0.4) is 0 Å². The first-order valence-electron chi connectivity index (χ1n) is 3.54. The lowest BCUT2D eigenvalue weighted by atomic mass is 10.2. The maximum Gasteiger partial charge on any atom is 0.123 e. The first kappa shape index (κ1) is 9.37. The summed E-state index contributed by atoms with van der Waals surface area (Å²) in [7, 11) is 0. The van der Waals surface area contributed by atoms with E-state index in [0.29, 0.717) is 6.42 Å². The number of carbonyl (C=O) groups is 1. The van der Waals surface area contributed by atoms with E-state index in [9.17, 15) is 4.79 Å². The van der Waals surface area contributed by atoms with Gasteiger partial charge in [-0.05, 0) is 19.8 Å². The lowest BCUT2D eigenvalue weighted by molar-refractivity contribution is -0.107. The minimum atomic E-state index is -0.235. The fourth-order valence-electron chi connectivity index (χ4n) is 0.607. The van der Waals surface area contributed by atoms with E-state index in [-0.39, 0.29) is 6.10 Å². The van der Waals surface area contributed by atoms with E-state index in [2.05, 4.69) is 0 Å². The van der Waals surface area contributed by atoms with Crippen LogP contribution in [0.25, 0.3) is 0 Å². The van der Waals surface area contributed by atoms with Gasteiger partial charge in [0.2, 0.25) is 0 Å². The molecule has 0 aliphatic carbocycles. The van der Waals surface area contributed by atoms with Gasteiger partial charge in [0.05, 0.1) is 6.10 Å². The Kier molecular flexibility index (Phi) is 6.08. The second-order valence-electron chi connectivity index (χ2n) is 2.30. The molecule has 0 radical (unpaired) electrons. The number of hydrogen-bond acceptors (Lipinski definition) is 2. The summed E-state index contributed by atoms with van der Waals surface area (Å²) in [6, 6.07) is 0. The van der Waals surface area contributed by atoms with Crippen LogP contribution in [0, 0.1) is 0 Å². The van der Waals surface area contributed by atoms with Crippen LogP contribution in [0.2, 0.25) is 0 Å². The highest BCUT2D eigenvalue weighted by Gasteiger charge is 1.90. The topological polar surface area (TPSA) is 37.3 Å². The molecule has 58 valence electrons. The molecule has 0 heterocycles. The van der Waals surface area contributed by atoms with Gasteiger partial charge in [-0.2, -0.15) is 0 Å². The van der Waals surface area contributed by atoms with Crippen LogP contribution in [-0.4, -0.2) is 17.5 Å². The minimum absolute atomic E-state index is 0.235. The van der Waals surface area contributed by atoms with Crippen LogP contribution < -0.4 is 0 Å². The molecule has 0 bridgehead atoms. The number of hydrogen-bond donors (Lipinski definition) is 1. The highest BCUT2D eigenvalue weighted by Crippen LogP contribution is 1.96.